The normalized spacial score (nSPS) is 9.96. The van der Waals surface area contributed by atoms with E-state index in [-0.39, 0.29) is 0 Å². The Morgan fingerprint density at radius 1 is 0.654 bits per heavy atom. The first-order valence-corrected chi connectivity index (χ1v) is 8.57. The van der Waals surface area contributed by atoms with Crippen molar-refractivity contribution >= 4 is 27.2 Å². The molecule has 0 saturated heterocycles. The summed E-state index contributed by atoms with van der Waals surface area (Å²) in [6, 6.07) is 0. The Morgan fingerprint density at radius 3 is 1.35 bits per heavy atom. The van der Waals surface area contributed by atoms with Gasteiger partial charge in [0, 0.05) is 19.8 Å². The van der Waals surface area contributed by atoms with Crippen molar-refractivity contribution in [3.63, 3.8) is 0 Å². The lowest BCUT2D eigenvalue weighted by Gasteiger charge is -2.16. The molecule has 0 aliphatic heterocycles. The van der Waals surface area contributed by atoms with Crippen molar-refractivity contribution in [3.05, 3.63) is 0 Å². The van der Waals surface area contributed by atoms with E-state index in [2.05, 4.69) is 27.7 Å². The van der Waals surface area contributed by atoms with Crippen LogP contribution >= 0.6 is 0 Å². The quantitative estimate of drug-likeness (QED) is 0.518. The maximum Gasteiger partial charge on any atom is 0.106 e. The number of carbonyl (C=O) groups is 4. The molecule has 1 unspecified atom stereocenters. The zero-order valence-electron chi connectivity index (χ0n) is 17.2. The van der Waals surface area contributed by atoms with Crippen molar-refractivity contribution < 1.29 is 28.7 Å². The van der Waals surface area contributed by atoms with E-state index in [4.69, 9.17) is 34.4 Å². The standard InChI is InChI=1S/C15H33NO2.4CH2O/c1-13(2)5-8-17-10-7-15(11-16)12-18-9-6-14(3)4;4*1-2/h13-15H,5-12,16H2,1-4H3;4*1H2. The van der Waals surface area contributed by atoms with Gasteiger partial charge >= 0.3 is 0 Å². The van der Waals surface area contributed by atoms with Crippen molar-refractivity contribution in [1.82, 2.24) is 0 Å². The van der Waals surface area contributed by atoms with Crippen LogP contribution in [0.3, 0.4) is 0 Å². The third-order valence-corrected chi connectivity index (χ3v) is 3.04. The monoisotopic (exact) mass is 379 g/mol. The second-order valence-electron chi connectivity index (χ2n) is 5.94. The lowest BCUT2D eigenvalue weighted by molar-refractivity contribution is -0.0987. The number of ether oxygens (including phenoxy) is 2. The SMILES string of the molecule is C=O.C=O.C=O.C=O.CC(C)CCOCCC(CN)COCCC(C)C. The minimum absolute atomic E-state index is 0.441. The van der Waals surface area contributed by atoms with Crippen molar-refractivity contribution in [2.24, 2.45) is 23.5 Å². The largest absolute Gasteiger partial charge is 0.381 e. The average molecular weight is 380 g/mol. The van der Waals surface area contributed by atoms with Gasteiger partial charge in [-0.25, -0.2) is 0 Å². The molecule has 0 aliphatic carbocycles. The van der Waals surface area contributed by atoms with Gasteiger partial charge in [0.25, 0.3) is 0 Å². The molecule has 0 spiro atoms. The molecule has 0 fully saturated rings. The molecule has 0 aliphatic rings. The van der Waals surface area contributed by atoms with E-state index in [9.17, 15) is 0 Å². The fraction of sp³-hybridized carbons (Fsp3) is 0.789. The van der Waals surface area contributed by atoms with Gasteiger partial charge in [0.2, 0.25) is 0 Å². The minimum atomic E-state index is 0.441. The van der Waals surface area contributed by atoms with Crippen molar-refractivity contribution in [2.75, 3.05) is 33.0 Å². The molecule has 0 amide bonds. The summed E-state index contributed by atoms with van der Waals surface area (Å²) in [5.74, 6) is 1.87. The third kappa shape index (κ3) is 43.3. The summed E-state index contributed by atoms with van der Waals surface area (Å²) in [7, 11) is 0. The lowest BCUT2D eigenvalue weighted by atomic mass is 10.1. The first kappa shape index (κ1) is 35.6. The molecule has 158 valence electrons. The molecule has 0 aromatic carbocycles. The summed E-state index contributed by atoms with van der Waals surface area (Å²) in [6.07, 6.45) is 3.27. The molecular weight excluding hydrogens is 338 g/mol. The van der Waals surface area contributed by atoms with E-state index < -0.39 is 0 Å². The van der Waals surface area contributed by atoms with Crippen LogP contribution in [-0.2, 0) is 28.7 Å². The summed E-state index contributed by atoms with van der Waals surface area (Å²) in [6.45, 7) is 20.8. The highest BCUT2D eigenvalue weighted by Gasteiger charge is 2.07. The average Bonchev–Trinajstić information content (AvgIpc) is 2.69. The molecule has 0 heterocycles. The van der Waals surface area contributed by atoms with Gasteiger partial charge in [-0.2, -0.15) is 0 Å². The Morgan fingerprint density at radius 2 is 1.00 bits per heavy atom. The molecule has 7 heteroatoms. The van der Waals surface area contributed by atoms with Gasteiger partial charge in [-0.05, 0) is 43.6 Å². The summed E-state index contributed by atoms with van der Waals surface area (Å²) < 4.78 is 11.3. The molecule has 2 N–H and O–H groups in total. The van der Waals surface area contributed by atoms with Crippen LogP contribution in [-0.4, -0.2) is 60.1 Å². The predicted octanol–water partition coefficient (Wildman–Crippen LogP) is 2.34. The molecule has 0 saturated carbocycles. The van der Waals surface area contributed by atoms with Crippen molar-refractivity contribution in [1.29, 1.82) is 0 Å². The van der Waals surface area contributed by atoms with Crippen LogP contribution in [0.1, 0.15) is 47.0 Å². The Balaban J connectivity index is -0.000000160. The van der Waals surface area contributed by atoms with E-state index in [1.807, 2.05) is 27.2 Å². The summed E-state index contributed by atoms with van der Waals surface area (Å²) in [4.78, 5) is 32.0. The number of carbonyl (C=O) groups excluding carboxylic acids is 4. The van der Waals surface area contributed by atoms with Crippen LogP contribution in [0, 0.1) is 17.8 Å². The summed E-state index contributed by atoms with van der Waals surface area (Å²) in [5.41, 5.74) is 5.74. The van der Waals surface area contributed by atoms with E-state index in [1.165, 1.54) is 0 Å². The Bertz CT molecular complexity index is 222. The van der Waals surface area contributed by atoms with Gasteiger partial charge in [0.15, 0.2) is 0 Å². The van der Waals surface area contributed by atoms with Crippen LogP contribution in [0.15, 0.2) is 0 Å². The van der Waals surface area contributed by atoms with Gasteiger partial charge < -0.3 is 34.4 Å². The molecule has 0 aromatic heterocycles. The Kier molecular flexibility index (Phi) is 53.3. The first-order chi connectivity index (χ1) is 12.6. The Labute approximate surface area is 160 Å². The van der Waals surface area contributed by atoms with Gasteiger partial charge in [-0.15, -0.1) is 0 Å². The molecule has 7 nitrogen and oxygen atoms in total. The zero-order chi connectivity index (χ0) is 21.8. The van der Waals surface area contributed by atoms with Crippen molar-refractivity contribution in [3.8, 4) is 0 Å². The van der Waals surface area contributed by atoms with Crippen LogP contribution in [0.2, 0.25) is 0 Å². The van der Waals surface area contributed by atoms with E-state index in [1.54, 1.807) is 0 Å². The third-order valence-electron chi connectivity index (χ3n) is 3.04. The van der Waals surface area contributed by atoms with Crippen LogP contribution < -0.4 is 5.73 Å². The fourth-order valence-electron chi connectivity index (χ4n) is 1.51. The lowest BCUT2D eigenvalue weighted by Crippen LogP contribution is -2.22. The maximum absolute atomic E-state index is 8.00. The number of rotatable bonds is 12. The highest BCUT2D eigenvalue weighted by Crippen LogP contribution is 2.06. The molecule has 0 rings (SSSR count). The summed E-state index contributed by atoms with van der Waals surface area (Å²) in [5, 5.41) is 0. The predicted molar refractivity (Wildman–Crippen MR) is 106 cm³/mol. The van der Waals surface area contributed by atoms with Gasteiger partial charge in [0.05, 0.1) is 6.61 Å². The number of hydrogen-bond acceptors (Lipinski definition) is 7. The molecule has 0 aromatic rings. The molecular formula is C19H41NO6. The van der Waals surface area contributed by atoms with Gasteiger partial charge in [0.1, 0.15) is 27.2 Å². The van der Waals surface area contributed by atoms with Gasteiger partial charge in [-0.3, -0.25) is 0 Å². The van der Waals surface area contributed by atoms with E-state index in [0.29, 0.717) is 18.4 Å². The number of nitrogens with two attached hydrogens (primary N) is 1. The topological polar surface area (TPSA) is 113 Å². The highest BCUT2D eigenvalue weighted by molar-refractivity contribution is 5.11. The van der Waals surface area contributed by atoms with Crippen LogP contribution in [0.4, 0.5) is 0 Å². The van der Waals surface area contributed by atoms with E-state index >= 15 is 0 Å². The fourth-order valence-corrected chi connectivity index (χ4v) is 1.51. The highest BCUT2D eigenvalue weighted by atomic mass is 16.5. The maximum atomic E-state index is 8.00. The molecule has 0 radical (unpaired) electrons. The smallest absolute Gasteiger partial charge is 0.106 e. The zero-order valence-corrected chi connectivity index (χ0v) is 17.2. The molecule has 26 heavy (non-hydrogen) atoms. The number of hydrogen-bond donors (Lipinski definition) is 1. The van der Waals surface area contributed by atoms with Crippen molar-refractivity contribution in [2.45, 2.75) is 47.0 Å². The Hall–Kier alpha value is -1.44. The first-order valence-electron chi connectivity index (χ1n) is 8.57. The van der Waals surface area contributed by atoms with Crippen LogP contribution in [0.25, 0.3) is 0 Å². The molecule has 1 atom stereocenters. The minimum Gasteiger partial charge on any atom is -0.381 e. The summed E-state index contributed by atoms with van der Waals surface area (Å²) >= 11 is 0. The second-order valence-corrected chi connectivity index (χ2v) is 5.94. The van der Waals surface area contributed by atoms with E-state index in [0.717, 1.165) is 51.6 Å². The second kappa shape index (κ2) is 38.9. The van der Waals surface area contributed by atoms with Crippen LogP contribution in [0.5, 0.6) is 0 Å². The van der Waals surface area contributed by atoms with Gasteiger partial charge in [-0.1, -0.05) is 27.7 Å². The molecule has 0 bridgehead atoms.